The van der Waals surface area contributed by atoms with E-state index in [0.29, 0.717) is 0 Å². The summed E-state index contributed by atoms with van der Waals surface area (Å²) in [6.07, 6.45) is 7.09. The van der Waals surface area contributed by atoms with Gasteiger partial charge in [0.05, 0.1) is 0 Å². The maximum Gasteiger partial charge on any atom is 0.190 e. The van der Waals surface area contributed by atoms with Crippen molar-refractivity contribution >= 4 is 29.9 Å². The van der Waals surface area contributed by atoms with Crippen molar-refractivity contribution in [1.82, 2.24) is 10.6 Å². The van der Waals surface area contributed by atoms with Crippen molar-refractivity contribution in [3.05, 3.63) is 0 Å². The van der Waals surface area contributed by atoms with Gasteiger partial charge in [-0.1, -0.05) is 13.3 Å². The zero-order valence-corrected chi connectivity index (χ0v) is 16.6. The highest BCUT2D eigenvalue weighted by Crippen LogP contribution is 2.28. The Morgan fingerprint density at radius 1 is 1.00 bits per heavy atom. The number of aliphatic imine (C=N–C) groups is 1. The molecule has 2 N–H and O–H groups in total. The molecule has 0 spiro atoms. The average molecular weight is 427 g/mol. The van der Waals surface area contributed by atoms with Crippen LogP contribution >= 0.6 is 24.0 Å². The number of rotatable bonds is 13. The Bertz CT molecular complexity index is 274. The second-order valence-corrected chi connectivity index (χ2v) is 5.62. The zero-order chi connectivity index (χ0) is 15.2. The first-order valence-electron chi connectivity index (χ1n) is 8.46. The minimum absolute atomic E-state index is 0. The van der Waals surface area contributed by atoms with Gasteiger partial charge in [0.15, 0.2) is 5.96 Å². The quantitative estimate of drug-likeness (QED) is 0.206. The van der Waals surface area contributed by atoms with Crippen molar-refractivity contribution in [3.63, 3.8) is 0 Å². The molecule has 0 heterocycles. The van der Waals surface area contributed by atoms with Gasteiger partial charge < -0.3 is 20.1 Å². The number of ether oxygens (including phenoxy) is 2. The average Bonchev–Trinajstić information content (AvgIpc) is 3.31. The maximum absolute atomic E-state index is 5.60. The molecule has 0 amide bonds. The molecule has 0 radical (unpaired) electrons. The van der Waals surface area contributed by atoms with Gasteiger partial charge in [-0.25, -0.2) is 0 Å². The van der Waals surface area contributed by atoms with E-state index in [9.17, 15) is 0 Å². The summed E-state index contributed by atoms with van der Waals surface area (Å²) in [7, 11) is 1.80. The van der Waals surface area contributed by atoms with Gasteiger partial charge in [0.1, 0.15) is 0 Å². The van der Waals surface area contributed by atoms with Crippen LogP contribution in [0.4, 0.5) is 0 Å². The summed E-state index contributed by atoms with van der Waals surface area (Å²) >= 11 is 0. The number of nitrogens with one attached hydrogen (secondary N) is 2. The Labute approximate surface area is 153 Å². The predicted octanol–water partition coefficient (Wildman–Crippen LogP) is 2.79. The molecule has 0 aromatic carbocycles. The summed E-state index contributed by atoms with van der Waals surface area (Å²) in [5, 5.41) is 6.60. The van der Waals surface area contributed by atoms with E-state index in [1.807, 2.05) is 0 Å². The van der Waals surface area contributed by atoms with Crippen molar-refractivity contribution in [2.45, 2.75) is 45.4 Å². The Hall–Kier alpha value is -0.0800. The van der Waals surface area contributed by atoms with E-state index in [2.05, 4.69) is 22.5 Å². The fourth-order valence-electron chi connectivity index (χ4n) is 1.87. The molecule has 1 rings (SSSR count). The van der Waals surface area contributed by atoms with Gasteiger partial charge in [-0.2, -0.15) is 0 Å². The Morgan fingerprint density at radius 3 is 2.14 bits per heavy atom. The number of nitrogens with zero attached hydrogens (tertiary/aromatic N) is 1. The number of guanidine groups is 1. The molecule has 0 aromatic heterocycles. The van der Waals surface area contributed by atoms with Gasteiger partial charge >= 0.3 is 0 Å². The molecule has 0 saturated heterocycles. The van der Waals surface area contributed by atoms with Crippen LogP contribution in [-0.4, -0.2) is 52.5 Å². The monoisotopic (exact) mass is 427 g/mol. The summed E-state index contributed by atoms with van der Waals surface area (Å²) in [5.74, 6) is 1.72. The normalized spacial score (nSPS) is 14.5. The predicted molar refractivity (Wildman–Crippen MR) is 103 cm³/mol. The van der Waals surface area contributed by atoms with E-state index < -0.39 is 0 Å². The van der Waals surface area contributed by atoms with E-state index in [1.54, 1.807) is 7.05 Å². The van der Waals surface area contributed by atoms with Crippen LogP contribution < -0.4 is 10.6 Å². The van der Waals surface area contributed by atoms with Crippen LogP contribution in [0.2, 0.25) is 0 Å². The lowest BCUT2D eigenvalue weighted by atomic mass is 10.4. The van der Waals surface area contributed by atoms with Crippen molar-refractivity contribution in [3.8, 4) is 0 Å². The summed E-state index contributed by atoms with van der Waals surface area (Å²) in [6.45, 7) is 7.46. The molecule has 0 unspecified atom stereocenters. The van der Waals surface area contributed by atoms with Crippen molar-refractivity contribution in [1.29, 1.82) is 0 Å². The molecular weight excluding hydrogens is 393 g/mol. The highest BCUT2D eigenvalue weighted by molar-refractivity contribution is 14.0. The van der Waals surface area contributed by atoms with E-state index >= 15 is 0 Å². The molecule has 6 heteroatoms. The summed E-state index contributed by atoms with van der Waals surface area (Å²) in [6, 6.07) is 0. The third-order valence-electron chi connectivity index (χ3n) is 3.43. The summed E-state index contributed by atoms with van der Waals surface area (Å²) < 4.78 is 11.1. The molecule has 132 valence electrons. The van der Waals surface area contributed by atoms with Crippen molar-refractivity contribution in [2.24, 2.45) is 10.9 Å². The smallest absolute Gasteiger partial charge is 0.190 e. The lowest BCUT2D eigenvalue weighted by molar-refractivity contribution is 0.123. The first-order chi connectivity index (χ1) is 10.4. The van der Waals surface area contributed by atoms with Crippen LogP contribution in [0.1, 0.15) is 45.4 Å². The molecule has 0 bridgehead atoms. The van der Waals surface area contributed by atoms with Crippen LogP contribution in [0.15, 0.2) is 4.99 Å². The Morgan fingerprint density at radius 2 is 1.59 bits per heavy atom. The standard InChI is InChI=1S/C16H33N3O2.HI/c1-3-4-11-20-12-5-9-18-16(17-2)19-10-6-13-21-14-15-7-8-15;/h15H,3-14H2,1-2H3,(H2,17,18,19);1H. The third-order valence-corrected chi connectivity index (χ3v) is 3.43. The lowest BCUT2D eigenvalue weighted by Crippen LogP contribution is -2.38. The molecule has 1 aliphatic rings. The number of hydrogen-bond acceptors (Lipinski definition) is 3. The molecule has 0 atom stereocenters. The van der Waals surface area contributed by atoms with Crippen LogP contribution in [-0.2, 0) is 9.47 Å². The lowest BCUT2D eigenvalue weighted by Gasteiger charge is -2.12. The van der Waals surface area contributed by atoms with E-state index in [4.69, 9.17) is 9.47 Å². The fraction of sp³-hybridized carbons (Fsp3) is 0.938. The topological polar surface area (TPSA) is 54.9 Å². The SMILES string of the molecule is CCCCOCCCNC(=NC)NCCCOCC1CC1.I. The van der Waals surface area contributed by atoms with Crippen molar-refractivity contribution < 1.29 is 9.47 Å². The third kappa shape index (κ3) is 13.6. The van der Waals surface area contributed by atoms with Gasteiger partial charge in [0.2, 0.25) is 0 Å². The highest BCUT2D eigenvalue weighted by atomic mass is 127. The van der Waals surface area contributed by atoms with Crippen LogP contribution in [0.25, 0.3) is 0 Å². The molecule has 5 nitrogen and oxygen atoms in total. The maximum atomic E-state index is 5.60. The molecule has 0 aliphatic heterocycles. The van der Waals surface area contributed by atoms with Gasteiger partial charge in [0.25, 0.3) is 0 Å². The van der Waals surface area contributed by atoms with Crippen molar-refractivity contribution in [2.75, 3.05) is 46.6 Å². The van der Waals surface area contributed by atoms with Gasteiger partial charge in [0, 0.05) is 46.6 Å². The molecule has 1 saturated carbocycles. The van der Waals surface area contributed by atoms with Gasteiger partial charge in [-0.05, 0) is 38.0 Å². The second-order valence-electron chi connectivity index (χ2n) is 5.62. The number of hydrogen-bond donors (Lipinski definition) is 2. The number of halogens is 1. The van der Waals surface area contributed by atoms with Crippen LogP contribution in [0, 0.1) is 5.92 Å². The molecule has 1 fully saturated rings. The van der Waals surface area contributed by atoms with Crippen LogP contribution in [0.5, 0.6) is 0 Å². The largest absolute Gasteiger partial charge is 0.381 e. The van der Waals surface area contributed by atoms with Crippen LogP contribution in [0.3, 0.4) is 0 Å². The molecule has 1 aliphatic carbocycles. The minimum atomic E-state index is 0. The Kier molecular flexibility index (Phi) is 15.7. The van der Waals surface area contributed by atoms with Gasteiger partial charge in [-0.15, -0.1) is 24.0 Å². The fourth-order valence-corrected chi connectivity index (χ4v) is 1.87. The molecule has 0 aromatic rings. The highest BCUT2D eigenvalue weighted by Gasteiger charge is 2.20. The zero-order valence-electron chi connectivity index (χ0n) is 14.2. The van der Waals surface area contributed by atoms with E-state index in [1.165, 1.54) is 19.3 Å². The molecule has 22 heavy (non-hydrogen) atoms. The Balaban J connectivity index is 0.00000441. The summed E-state index contributed by atoms with van der Waals surface area (Å²) in [5.41, 5.74) is 0. The van der Waals surface area contributed by atoms with E-state index in [-0.39, 0.29) is 24.0 Å². The van der Waals surface area contributed by atoms with Gasteiger partial charge in [-0.3, -0.25) is 4.99 Å². The van der Waals surface area contributed by atoms with E-state index in [0.717, 1.165) is 70.7 Å². The minimum Gasteiger partial charge on any atom is -0.381 e. The summed E-state index contributed by atoms with van der Waals surface area (Å²) in [4.78, 5) is 4.20. The second kappa shape index (κ2) is 15.8. The first-order valence-corrected chi connectivity index (χ1v) is 8.46. The first kappa shape index (κ1) is 21.9. The number of unbranched alkanes of at least 4 members (excludes halogenated alkanes) is 1. The molecular formula is C16H34IN3O2.